The normalized spacial score (nSPS) is 17.6. The number of H-pyrrole nitrogens is 1. The third-order valence-corrected chi connectivity index (χ3v) is 4.06. The van der Waals surface area contributed by atoms with E-state index in [-0.39, 0.29) is 11.2 Å². The van der Waals surface area contributed by atoms with Crippen LogP contribution in [0.25, 0.3) is 0 Å². The van der Waals surface area contributed by atoms with Gasteiger partial charge in [0, 0.05) is 13.1 Å². The van der Waals surface area contributed by atoms with Crippen molar-refractivity contribution >= 4 is 11.5 Å². The zero-order valence-electron chi connectivity index (χ0n) is 11.6. The van der Waals surface area contributed by atoms with Crippen LogP contribution in [0.15, 0.2) is 9.59 Å². The molecule has 0 saturated heterocycles. The number of nitrogens with one attached hydrogen (secondary N) is 2. The van der Waals surface area contributed by atoms with E-state index in [0.29, 0.717) is 18.8 Å². The largest absolute Gasteiger partial charge is 0.383 e. The highest BCUT2D eigenvalue weighted by molar-refractivity contribution is 5.60. The lowest BCUT2D eigenvalue weighted by atomic mass is 9.89. The summed E-state index contributed by atoms with van der Waals surface area (Å²) in [5.41, 5.74) is 5.54. The number of hydrogen-bond donors (Lipinski definition) is 3. The standard InChI is InChI=1S/C13H22N4O2/c1-3-17-10(14)9(11(18)16-12(17)19)15-8-13(2)6-4-5-7-13/h15H,3-8,14H2,1-2H3,(H,16,18,19). The maximum Gasteiger partial charge on any atom is 0.330 e. The molecule has 1 aliphatic rings. The molecule has 1 saturated carbocycles. The molecule has 0 aromatic carbocycles. The first-order valence-corrected chi connectivity index (χ1v) is 6.83. The maximum absolute atomic E-state index is 11.8. The van der Waals surface area contributed by atoms with Crippen molar-refractivity contribution in [3.8, 4) is 0 Å². The molecular formula is C13H22N4O2. The number of rotatable bonds is 4. The first-order valence-electron chi connectivity index (χ1n) is 6.83. The van der Waals surface area contributed by atoms with Crippen LogP contribution in [0, 0.1) is 5.41 Å². The van der Waals surface area contributed by atoms with Crippen molar-refractivity contribution in [2.75, 3.05) is 17.6 Å². The van der Waals surface area contributed by atoms with Gasteiger partial charge in [-0.1, -0.05) is 19.8 Å². The van der Waals surface area contributed by atoms with Crippen LogP contribution >= 0.6 is 0 Å². The van der Waals surface area contributed by atoms with Gasteiger partial charge in [0.15, 0.2) is 0 Å². The minimum atomic E-state index is -0.456. The smallest absolute Gasteiger partial charge is 0.330 e. The Morgan fingerprint density at radius 1 is 1.37 bits per heavy atom. The number of anilines is 2. The fraction of sp³-hybridized carbons (Fsp3) is 0.692. The van der Waals surface area contributed by atoms with Gasteiger partial charge >= 0.3 is 5.69 Å². The molecule has 0 spiro atoms. The van der Waals surface area contributed by atoms with Crippen molar-refractivity contribution in [3.05, 3.63) is 20.8 Å². The van der Waals surface area contributed by atoms with E-state index in [1.807, 2.05) is 6.92 Å². The van der Waals surface area contributed by atoms with Gasteiger partial charge in [0.05, 0.1) is 0 Å². The highest BCUT2D eigenvalue weighted by Crippen LogP contribution is 2.37. The second-order valence-electron chi connectivity index (χ2n) is 5.64. The maximum atomic E-state index is 11.8. The van der Waals surface area contributed by atoms with Crippen LogP contribution in [0.1, 0.15) is 39.5 Å². The SMILES string of the molecule is CCn1c(N)c(NCC2(C)CCCC2)c(=O)[nH]c1=O. The molecule has 1 aromatic heterocycles. The van der Waals surface area contributed by atoms with Gasteiger partial charge in [-0.15, -0.1) is 0 Å². The average Bonchev–Trinajstić information content (AvgIpc) is 2.76. The quantitative estimate of drug-likeness (QED) is 0.761. The van der Waals surface area contributed by atoms with E-state index in [1.54, 1.807) is 0 Å². The fourth-order valence-electron chi connectivity index (χ4n) is 2.78. The molecule has 4 N–H and O–H groups in total. The first-order chi connectivity index (χ1) is 8.97. The summed E-state index contributed by atoms with van der Waals surface area (Å²) in [7, 11) is 0. The fourth-order valence-corrected chi connectivity index (χ4v) is 2.78. The first kappa shape index (κ1) is 13.7. The zero-order valence-corrected chi connectivity index (χ0v) is 11.6. The number of hydrogen-bond acceptors (Lipinski definition) is 4. The molecule has 106 valence electrons. The molecule has 19 heavy (non-hydrogen) atoms. The van der Waals surface area contributed by atoms with Crippen LogP contribution in [0.2, 0.25) is 0 Å². The number of aromatic nitrogens is 2. The molecule has 6 nitrogen and oxygen atoms in total. The molecule has 6 heteroatoms. The minimum absolute atomic E-state index is 0.214. The average molecular weight is 266 g/mol. The predicted octanol–water partition coefficient (Wildman–Crippen LogP) is 1.13. The lowest BCUT2D eigenvalue weighted by Crippen LogP contribution is -2.35. The van der Waals surface area contributed by atoms with Gasteiger partial charge in [-0.25, -0.2) is 4.79 Å². The molecule has 2 rings (SSSR count). The molecule has 0 atom stereocenters. The summed E-state index contributed by atoms with van der Waals surface area (Å²) in [6.07, 6.45) is 4.79. The Kier molecular flexibility index (Phi) is 3.68. The highest BCUT2D eigenvalue weighted by atomic mass is 16.2. The van der Waals surface area contributed by atoms with Crippen LogP contribution in [-0.2, 0) is 6.54 Å². The molecular weight excluding hydrogens is 244 g/mol. The van der Waals surface area contributed by atoms with Crippen molar-refractivity contribution in [1.82, 2.24) is 9.55 Å². The van der Waals surface area contributed by atoms with E-state index in [9.17, 15) is 9.59 Å². The second-order valence-corrected chi connectivity index (χ2v) is 5.64. The number of nitrogen functional groups attached to an aromatic ring is 1. The van der Waals surface area contributed by atoms with Crippen LogP contribution in [0.4, 0.5) is 11.5 Å². The van der Waals surface area contributed by atoms with Gasteiger partial charge in [-0.3, -0.25) is 14.3 Å². The Bertz CT molecular complexity index is 567. The Morgan fingerprint density at radius 3 is 2.58 bits per heavy atom. The minimum Gasteiger partial charge on any atom is -0.383 e. The summed E-state index contributed by atoms with van der Waals surface area (Å²) < 4.78 is 1.36. The monoisotopic (exact) mass is 266 g/mol. The third kappa shape index (κ3) is 2.67. The molecule has 1 aromatic rings. The van der Waals surface area contributed by atoms with Crippen molar-refractivity contribution in [2.45, 2.75) is 46.1 Å². The molecule has 1 fully saturated rings. The van der Waals surface area contributed by atoms with Gasteiger partial charge in [0.25, 0.3) is 5.56 Å². The van der Waals surface area contributed by atoms with Gasteiger partial charge in [-0.2, -0.15) is 0 Å². The summed E-state index contributed by atoms with van der Waals surface area (Å²) in [4.78, 5) is 25.7. The molecule has 0 radical (unpaired) electrons. The summed E-state index contributed by atoms with van der Waals surface area (Å²) >= 11 is 0. The van der Waals surface area contributed by atoms with E-state index in [2.05, 4.69) is 17.2 Å². The predicted molar refractivity (Wildman–Crippen MR) is 76.5 cm³/mol. The van der Waals surface area contributed by atoms with E-state index in [4.69, 9.17) is 5.73 Å². The van der Waals surface area contributed by atoms with Crippen LogP contribution in [0.5, 0.6) is 0 Å². The summed E-state index contributed by atoms with van der Waals surface area (Å²) in [6, 6.07) is 0. The number of nitrogens with two attached hydrogens (primary N) is 1. The van der Waals surface area contributed by atoms with Gasteiger partial charge in [0.2, 0.25) is 0 Å². The van der Waals surface area contributed by atoms with Crippen molar-refractivity contribution in [2.24, 2.45) is 5.41 Å². The molecule has 1 heterocycles. The van der Waals surface area contributed by atoms with Gasteiger partial charge in [-0.05, 0) is 25.2 Å². The van der Waals surface area contributed by atoms with Gasteiger partial charge < -0.3 is 11.1 Å². The molecule has 1 aliphatic carbocycles. The topological polar surface area (TPSA) is 92.9 Å². The second kappa shape index (κ2) is 5.11. The lowest BCUT2D eigenvalue weighted by molar-refractivity contribution is 0.362. The Balaban J connectivity index is 2.25. The Hall–Kier alpha value is -1.72. The van der Waals surface area contributed by atoms with E-state index in [0.717, 1.165) is 12.8 Å². The van der Waals surface area contributed by atoms with Crippen LogP contribution < -0.4 is 22.3 Å². The molecule has 0 unspecified atom stereocenters. The lowest BCUT2D eigenvalue weighted by Gasteiger charge is -2.24. The van der Waals surface area contributed by atoms with Crippen molar-refractivity contribution in [3.63, 3.8) is 0 Å². The zero-order chi connectivity index (χ0) is 14.0. The number of aromatic amines is 1. The van der Waals surface area contributed by atoms with Crippen molar-refractivity contribution < 1.29 is 0 Å². The van der Waals surface area contributed by atoms with Crippen LogP contribution in [0.3, 0.4) is 0 Å². The molecule has 0 amide bonds. The summed E-state index contributed by atoms with van der Waals surface area (Å²) in [5.74, 6) is 0.220. The van der Waals surface area contributed by atoms with Crippen molar-refractivity contribution in [1.29, 1.82) is 0 Å². The van der Waals surface area contributed by atoms with Gasteiger partial charge in [0.1, 0.15) is 11.5 Å². The summed E-state index contributed by atoms with van der Waals surface area (Å²) in [6.45, 7) is 5.18. The third-order valence-electron chi connectivity index (χ3n) is 4.06. The highest BCUT2D eigenvalue weighted by Gasteiger charge is 2.28. The van der Waals surface area contributed by atoms with E-state index >= 15 is 0 Å². The molecule has 0 aliphatic heterocycles. The Morgan fingerprint density at radius 2 is 2.00 bits per heavy atom. The summed E-state index contributed by atoms with van der Waals surface area (Å²) in [5, 5.41) is 3.14. The van der Waals surface area contributed by atoms with E-state index in [1.165, 1.54) is 17.4 Å². The van der Waals surface area contributed by atoms with E-state index < -0.39 is 11.2 Å². The number of nitrogens with zero attached hydrogens (tertiary/aromatic N) is 1. The molecule has 0 bridgehead atoms. The Labute approximate surface area is 112 Å². The van der Waals surface area contributed by atoms with Crippen LogP contribution in [-0.4, -0.2) is 16.1 Å².